The van der Waals surface area contributed by atoms with E-state index in [-0.39, 0.29) is 23.3 Å². The van der Waals surface area contributed by atoms with Crippen LogP contribution in [0.4, 0.5) is 0 Å². The molecular formula is C23H28N2O3. The smallest absolute Gasteiger partial charge is 0.261 e. The number of benzene rings is 1. The molecule has 28 heavy (non-hydrogen) atoms. The predicted octanol–water partition coefficient (Wildman–Crippen LogP) is 3.97. The van der Waals surface area contributed by atoms with Gasteiger partial charge in [0.2, 0.25) is 0 Å². The van der Waals surface area contributed by atoms with E-state index in [2.05, 4.69) is 29.4 Å². The molecule has 1 aliphatic rings. The van der Waals surface area contributed by atoms with Crippen LogP contribution in [0.25, 0.3) is 0 Å². The fourth-order valence-electron chi connectivity index (χ4n) is 3.78. The highest BCUT2D eigenvalue weighted by Crippen LogP contribution is 2.24. The number of aryl methyl sites for hydroxylation is 2. The molecule has 2 N–H and O–H groups in total. The molecule has 0 saturated carbocycles. The molecule has 0 aliphatic heterocycles. The van der Waals surface area contributed by atoms with Crippen molar-refractivity contribution in [1.82, 2.24) is 10.3 Å². The summed E-state index contributed by atoms with van der Waals surface area (Å²) < 4.78 is 0. The molecule has 0 bridgehead atoms. The van der Waals surface area contributed by atoms with Gasteiger partial charge in [-0.1, -0.05) is 51.5 Å². The molecule has 1 unspecified atom stereocenters. The third-order valence-corrected chi connectivity index (χ3v) is 5.33. The van der Waals surface area contributed by atoms with E-state index in [9.17, 15) is 14.4 Å². The molecular weight excluding hydrogens is 352 g/mol. The van der Waals surface area contributed by atoms with Crippen LogP contribution >= 0.6 is 0 Å². The fraction of sp³-hybridized carbons (Fsp3) is 0.435. The Bertz CT molecular complexity index is 926. The van der Waals surface area contributed by atoms with Crippen LogP contribution in [0.3, 0.4) is 0 Å². The van der Waals surface area contributed by atoms with Crippen LogP contribution < -0.4 is 10.9 Å². The summed E-state index contributed by atoms with van der Waals surface area (Å²) in [7, 11) is 0. The lowest BCUT2D eigenvalue weighted by molar-refractivity contribution is 0.0924. The number of aromatic nitrogens is 1. The van der Waals surface area contributed by atoms with Crippen LogP contribution in [-0.2, 0) is 12.8 Å². The lowest BCUT2D eigenvalue weighted by atomic mass is 9.92. The zero-order chi connectivity index (χ0) is 20.3. The van der Waals surface area contributed by atoms with Crippen LogP contribution in [-0.4, -0.2) is 16.7 Å². The zero-order valence-electron chi connectivity index (χ0n) is 16.8. The van der Waals surface area contributed by atoms with Gasteiger partial charge in [0.15, 0.2) is 5.78 Å². The van der Waals surface area contributed by atoms with Gasteiger partial charge in [-0.05, 0) is 42.4 Å². The van der Waals surface area contributed by atoms with Gasteiger partial charge in [0, 0.05) is 17.7 Å². The molecule has 148 valence electrons. The predicted molar refractivity (Wildman–Crippen MR) is 110 cm³/mol. The van der Waals surface area contributed by atoms with Crippen LogP contribution in [0.1, 0.15) is 83.6 Å². The molecule has 1 heterocycles. The van der Waals surface area contributed by atoms with Gasteiger partial charge in [-0.3, -0.25) is 14.4 Å². The lowest BCUT2D eigenvalue weighted by Crippen LogP contribution is -2.36. The molecule has 0 spiro atoms. The number of hydrogen-bond acceptors (Lipinski definition) is 3. The molecule has 3 rings (SSSR count). The maximum Gasteiger partial charge on any atom is 0.261 e. The minimum Gasteiger partial charge on any atom is -0.345 e. The number of pyridine rings is 1. The molecule has 2 aromatic rings. The SMILES string of the molecule is CCCc1ccc(C(NC(=O)c2cc3c([nH]c2=O)CCCC3=O)C(C)C)cc1. The molecule has 0 saturated heterocycles. The lowest BCUT2D eigenvalue weighted by Gasteiger charge is -2.23. The van der Waals surface area contributed by atoms with Gasteiger partial charge in [-0.15, -0.1) is 0 Å². The number of carbonyl (C=O) groups excluding carboxylic acids is 2. The first-order valence-corrected chi connectivity index (χ1v) is 10.1. The Kier molecular flexibility index (Phi) is 6.12. The third kappa shape index (κ3) is 4.24. The number of fused-ring (bicyclic) bond motifs is 1. The molecule has 1 amide bonds. The van der Waals surface area contributed by atoms with Crippen LogP contribution in [0.2, 0.25) is 0 Å². The van der Waals surface area contributed by atoms with Gasteiger partial charge in [-0.2, -0.15) is 0 Å². The molecule has 1 aromatic carbocycles. The average molecular weight is 380 g/mol. The Morgan fingerprint density at radius 1 is 1.14 bits per heavy atom. The highest BCUT2D eigenvalue weighted by molar-refractivity contribution is 6.01. The van der Waals surface area contributed by atoms with Crippen molar-refractivity contribution in [2.45, 2.75) is 58.9 Å². The maximum atomic E-state index is 12.9. The van der Waals surface area contributed by atoms with Gasteiger partial charge in [0.1, 0.15) is 5.56 Å². The highest BCUT2D eigenvalue weighted by Gasteiger charge is 2.24. The molecule has 1 aromatic heterocycles. The number of nitrogens with one attached hydrogen (secondary N) is 2. The molecule has 0 fully saturated rings. The van der Waals surface area contributed by atoms with E-state index in [0.717, 1.165) is 24.8 Å². The minimum atomic E-state index is -0.446. The third-order valence-electron chi connectivity index (χ3n) is 5.33. The highest BCUT2D eigenvalue weighted by atomic mass is 16.2. The number of hydrogen-bond donors (Lipinski definition) is 2. The largest absolute Gasteiger partial charge is 0.345 e. The summed E-state index contributed by atoms with van der Waals surface area (Å²) in [6.07, 6.45) is 3.97. The first-order chi connectivity index (χ1) is 13.4. The summed E-state index contributed by atoms with van der Waals surface area (Å²) in [4.78, 5) is 40.2. The van der Waals surface area contributed by atoms with Crippen molar-refractivity contribution < 1.29 is 9.59 Å². The van der Waals surface area contributed by atoms with Crippen molar-refractivity contribution in [2.75, 3.05) is 0 Å². The summed E-state index contributed by atoms with van der Waals surface area (Å²) in [5, 5.41) is 2.99. The van der Waals surface area contributed by atoms with Crippen molar-refractivity contribution in [3.05, 3.63) is 68.6 Å². The summed E-state index contributed by atoms with van der Waals surface area (Å²) in [5.41, 5.74) is 2.96. The number of amides is 1. The van der Waals surface area contributed by atoms with E-state index in [1.165, 1.54) is 11.6 Å². The molecule has 5 heteroatoms. The number of aromatic amines is 1. The monoisotopic (exact) mass is 380 g/mol. The Balaban J connectivity index is 1.86. The summed E-state index contributed by atoms with van der Waals surface area (Å²) in [6, 6.07) is 9.50. The van der Waals surface area contributed by atoms with E-state index >= 15 is 0 Å². The van der Waals surface area contributed by atoms with Crippen molar-refractivity contribution in [1.29, 1.82) is 0 Å². The summed E-state index contributed by atoms with van der Waals surface area (Å²) in [6.45, 7) is 6.21. The van der Waals surface area contributed by atoms with Crippen molar-refractivity contribution in [2.24, 2.45) is 5.92 Å². The van der Waals surface area contributed by atoms with Gasteiger partial charge < -0.3 is 10.3 Å². The first kappa shape index (κ1) is 20.1. The van der Waals surface area contributed by atoms with E-state index < -0.39 is 11.5 Å². The molecule has 1 atom stereocenters. The van der Waals surface area contributed by atoms with Crippen molar-refractivity contribution in [3.8, 4) is 0 Å². The van der Waals surface area contributed by atoms with Gasteiger partial charge in [-0.25, -0.2) is 0 Å². The summed E-state index contributed by atoms with van der Waals surface area (Å²) in [5.74, 6) is -0.309. The van der Waals surface area contributed by atoms with Gasteiger partial charge in [0.25, 0.3) is 11.5 Å². The standard InChI is InChI=1S/C23H28N2O3/c1-4-6-15-9-11-16(12-10-15)21(14(2)3)25-23(28)18-13-17-19(24-22(18)27)7-5-8-20(17)26/h9-14,21H,4-8H2,1-3H3,(H,24,27)(H,25,28). The zero-order valence-corrected chi connectivity index (χ0v) is 16.8. The second-order valence-electron chi connectivity index (χ2n) is 7.87. The van der Waals surface area contributed by atoms with E-state index in [1.54, 1.807) is 0 Å². The molecule has 0 radical (unpaired) electrons. The number of carbonyl (C=O) groups is 2. The summed E-state index contributed by atoms with van der Waals surface area (Å²) >= 11 is 0. The number of Topliss-reactive ketones (excluding diaryl/α,β-unsaturated/α-hetero) is 1. The van der Waals surface area contributed by atoms with E-state index in [4.69, 9.17) is 0 Å². The Hall–Kier alpha value is -2.69. The fourth-order valence-corrected chi connectivity index (χ4v) is 3.78. The van der Waals surface area contributed by atoms with Crippen LogP contribution in [0.5, 0.6) is 0 Å². The molecule has 1 aliphatic carbocycles. The Morgan fingerprint density at radius 3 is 2.50 bits per heavy atom. The Morgan fingerprint density at radius 2 is 1.86 bits per heavy atom. The topological polar surface area (TPSA) is 79.0 Å². The van der Waals surface area contributed by atoms with Gasteiger partial charge in [0.05, 0.1) is 6.04 Å². The minimum absolute atomic E-state index is 0.00209. The number of H-pyrrole nitrogens is 1. The van der Waals surface area contributed by atoms with Gasteiger partial charge >= 0.3 is 0 Å². The second-order valence-corrected chi connectivity index (χ2v) is 7.87. The normalized spacial score (nSPS) is 14.6. The number of ketones is 1. The number of rotatable bonds is 6. The maximum absolute atomic E-state index is 12.9. The molecule has 5 nitrogen and oxygen atoms in total. The Labute approximate surface area is 165 Å². The van der Waals surface area contributed by atoms with Crippen molar-refractivity contribution >= 4 is 11.7 Å². The van der Waals surface area contributed by atoms with Crippen LogP contribution in [0, 0.1) is 5.92 Å². The van der Waals surface area contributed by atoms with Crippen molar-refractivity contribution in [3.63, 3.8) is 0 Å². The quantitative estimate of drug-likeness (QED) is 0.796. The van der Waals surface area contributed by atoms with Crippen LogP contribution in [0.15, 0.2) is 35.1 Å². The van der Waals surface area contributed by atoms with E-state index in [0.29, 0.717) is 24.1 Å². The first-order valence-electron chi connectivity index (χ1n) is 10.1. The average Bonchev–Trinajstić information content (AvgIpc) is 2.66. The van der Waals surface area contributed by atoms with E-state index in [1.807, 2.05) is 26.0 Å². The second kappa shape index (κ2) is 8.55.